The van der Waals surface area contributed by atoms with E-state index in [4.69, 9.17) is 46.9 Å². The van der Waals surface area contributed by atoms with Gasteiger partial charge in [-0.1, -0.05) is 36.5 Å². The van der Waals surface area contributed by atoms with Crippen LogP contribution in [0.25, 0.3) is 0 Å². The number of pyridine rings is 1. The molecule has 3 aromatic carbocycles. The van der Waals surface area contributed by atoms with Crippen LogP contribution >= 0.6 is 23.2 Å². The third-order valence-corrected chi connectivity index (χ3v) is 6.82. The van der Waals surface area contributed by atoms with Crippen molar-refractivity contribution in [3.63, 3.8) is 0 Å². The predicted molar refractivity (Wildman–Crippen MR) is 177 cm³/mol. The van der Waals surface area contributed by atoms with E-state index in [-0.39, 0.29) is 5.88 Å². The number of unbranched alkanes of at least 4 members (excludes halogenated alkanes) is 1. The Morgan fingerprint density at radius 2 is 1.33 bits per heavy atom. The van der Waals surface area contributed by atoms with Gasteiger partial charge in [-0.25, -0.2) is 14.6 Å². The van der Waals surface area contributed by atoms with E-state index in [1.54, 1.807) is 80.6 Å². The smallest absolute Gasteiger partial charge is 0.417 e. The second-order valence-corrected chi connectivity index (χ2v) is 11.0. The van der Waals surface area contributed by atoms with E-state index in [2.05, 4.69) is 9.72 Å². The van der Waals surface area contributed by atoms with Crippen LogP contribution in [-0.4, -0.2) is 42.8 Å². The third kappa shape index (κ3) is 13.0. The molecule has 0 aliphatic rings. The molecule has 0 aliphatic carbocycles. The van der Waals surface area contributed by atoms with Gasteiger partial charge in [0, 0.05) is 17.3 Å². The van der Waals surface area contributed by atoms with Crippen molar-refractivity contribution in [1.82, 2.24) is 4.98 Å². The van der Waals surface area contributed by atoms with Crippen LogP contribution in [0.1, 0.15) is 39.2 Å². The molecule has 49 heavy (non-hydrogen) atoms. The molecule has 0 saturated carbocycles. The van der Waals surface area contributed by atoms with E-state index in [0.717, 1.165) is 25.0 Å². The molecule has 4 aromatic rings. The van der Waals surface area contributed by atoms with Gasteiger partial charge in [-0.3, -0.25) is 0 Å². The molecule has 4 rings (SSSR count). The minimum Gasteiger partial charge on any atom is -0.479 e. The first-order valence-electron chi connectivity index (χ1n) is 14.9. The number of aromatic nitrogens is 1. The first kappa shape index (κ1) is 38.8. The highest BCUT2D eigenvalue weighted by atomic mass is 35.5. The zero-order valence-electron chi connectivity index (χ0n) is 27.0. The van der Waals surface area contributed by atoms with Crippen molar-refractivity contribution in [2.75, 3.05) is 13.7 Å². The Balaban J connectivity index is 0.000000271. The van der Waals surface area contributed by atoms with E-state index in [0.29, 0.717) is 51.6 Å². The topological polar surface area (TPSA) is 102 Å². The summed E-state index contributed by atoms with van der Waals surface area (Å²) in [6, 6.07) is 20.1. The van der Waals surface area contributed by atoms with Crippen LogP contribution in [0, 0.1) is 0 Å². The summed E-state index contributed by atoms with van der Waals surface area (Å²) in [6.45, 7) is 5.56. The number of ether oxygens (including phenoxy) is 6. The Bertz CT molecular complexity index is 1640. The Labute approximate surface area is 291 Å². The highest BCUT2D eigenvalue weighted by Gasteiger charge is 2.30. The number of rotatable bonds is 13. The summed E-state index contributed by atoms with van der Waals surface area (Å²) in [6.07, 6.45) is -3.45. The molecule has 262 valence electrons. The first-order chi connectivity index (χ1) is 23.3. The first-order valence-corrected chi connectivity index (χ1v) is 15.7. The number of halogens is 5. The number of hydrogen-bond donors (Lipinski definition) is 0. The second kappa shape index (κ2) is 18.8. The fourth-order valence-corrected chi connectivity index (χ4v) is 4.14. The molecular weight excluding hydrogens is 690 g/mol. The van der Waals surface area contributed by atoms with Crippen LogP contribution in [0.15, 0.2) is 85.1 Å². The molecule has 2 atom stereocenters. The molecule has 0 saturated heterocycles. The van der Waals surface area contributed by atoms with Gasteiger partial charge in [-0.2, -0.15) is 13.2 Å². The Morgan fingerprint density at radius 3 is 1.82 bits per heavy atom. The van der Waals surface area contributed by atoms with E-state index in [9.17, 15) is 22.8 Å². The van der Waals surface area contributed by atoms with Crippen molar-refractivity contribution in [2.45, 2.75) is 52.0 Å². The molecule has 0 radical (unpaired) electrons. The standard InChI is InChI=1S/C19H20F3NO4.C16H14Cl2O4/c1-3-4-11-25-18(24)13(2)26-15-6-8-16(9-7-15)27-17-10-5-14(12-23-17)19(20,21)22;1-10(16(19)20-2)21-12-4-6-13(7-5-12)22-15-8-3-11(17)9-14(15)18/h5-10,12-13H,3-4,11H2,1-2H3;3-10H,1-2H3. The van der Waals surface area contributed by atoms with Crippen LogP contribution in [0.2, 0.25) is 10.0 Å². The number of carbonyl (C=O) groups excluding carboxylic acids is 2. The zero-order chi connectivity index (χ0) is 36.0. The Morgan fingerprint density at radius 1 is 0.776 bits per heavy atom. The quantitative estimate of drug-likeness (QED) is 0.0985. The van der Waals surface area contributed by atoms with Crippen molar-refractivity contribution >= 4 is 35.1 Å². The average Bonchev–Trinajstić information content (AvgIpc) is 3.07. The predicted octanol–water partition coefficient (Wildman–Crippen LogP) is 9.73. The minimum atomic E-state index is -4.45. The molecule has 2 unspecified atom stereocenters. The van der Waals surface area contributed by atoms with E-state index < -0.39 is 35.9 Å². The molecule has 0 N–H and O–H groups in total. The molecule has 1 heterocycles. The molecule has 1 aromatic heterocycles. The van der Waals surface area contributed by atoms with E-state index in [1.165, 1.54) is 7.11 Å². The van der Waals surface area contributed by atoms with Crippen LogP contribution in [0.5, 0.6) is 34.6 Å². The van der Waals surface area contributed by atoms with Gasteiger partial charge < -0.3 is 28.4 Å². The molecule has 9 nitrogen and oxygen atoms in total. The number of methoxy groups -OCH3 is 1. The SMILES string of the molecule is CCCCOC(=O)C(C)Oc1ccc(Oc2ccc(C(F)(F)F)cn2)cc1.COC(=O)C(C)Oc1ccc(Oc2ccc(Cl)cc2Cl)cc1. The maximum atomic E-state index is 12.5. The van der Waals surface area contributed by atoms with Gasteiger partial charge in [0.1, 0.15) is 28.7 Å². The summed E-state index contributed by atoms with van der Waals surface area (Å²) < 4.78 is 69.2. The van der Waals surface area contributed by atoms with Crippen molar-refractivity contribution in [3.05, 3.63) is 101 Å². The lowest BCUT2D eigenvalue weighted by Gasteiger charge is -2.14. The van der Waals surface area contributed by atoms with Crippen LogP contribution in [0.4, 0.5) is 13.2 Å². The number of alkyl halides is 3. The largest absolute Gasteiger partial charge is 0.479 e. The highest BCUT2D eigenvalue weighted by molar-refractivity contribution is 6.35. The van der Waals surface area contributed by atoms with Crippen LogP contribution < -0.4 is 18.9 Å². The molecule has 14 heteroatoms. The van der Waals surface area contributed by atoms with Crippen LogP contribution in [-0.2, 0) is 25.2 Å². The number of carbonyl (C=O) groups is 2. The molecule has 0 bridgehead atoms. The molecule has 0 fully saturated rings. The number of hydrogen-bond acceptors (Lipinski definition) is 9. The normalized spacial score (nSPS) is 12.0. The fraction of sp³-hybridized carbons (Fsp3) is 0.286. The van der Waals surface area contributed by atoms with E-state index >= 15 is 0 Å². The molecule has 0 spiro atoms. The summed E-state index contributed by atoms with van der Waals surface area (Å²) in [5, 5.41) is 0.963. The fourth-order valence-electron chi connectivity index (χ4n) is 3.69. The Kier molecular flexibility index (Phi) is 14.8. The summed E-state index contributed by atoms with van der Waals surface area (Å²) >= 11 is 11.9. The average molecular weight is 725 g/mol. The molecule has 0 amide bonds. The maximum absolute atomic E-state index is 12.5. The van der Waals surface area contributed by atoms with Crippen molar-refractivity contribution in [3.8, 4) is 34.6 Å². The summed E-state index contributed by atoms with van der Waals surface area (Å²) in [7, 11) is 1.31. The zero-order valence-corrected chi connectivity index (χ0v) is 28.5. The summed E-state index contributed by atoms with van der Waals surface area (Å²) in [5.41, 5.74) is -0.849. The number of nitrogens with zero attached hydrogens (tertiary/aromatic N) is 1. The molecular formula is C35H34Cl2F3NO8. The monoisotopic (exact) mass is 723 g/mol. The lowest BCUT2D eigenvalue weighted by molar-refractivity contribution is -0.151. The van der Waals surface area contributed by atoms with Gasteiger partial charge in [0.2, 0.25) is 5.88 Å². The minimum absolute atomic E-state index is 0.0320. The molecule has 0 aliphatic heterocycles. The second-order valence-electron chi connectivity index (χ2n) is 10.2. The number of esters is 2. The third-order valence-electron chi connectivity index (χ3n) is 6.29. The van der Waals surface area contributed by atoms with Gasteiger partial charge >= 0.3 is 18.1 Å². The van der Waals surface area contributed by atoms with Gasteiger partial charge in [0.05, 0.1) is 24.3 Å². The van der Waals surface area contributed by atoms with Gasteiger partial charge in [-0.15, -0.1) is 0 Å². The van der Waals surface area contributed by atoms with E-state index in [1.807, 2.05) is 6.92 Å². The van der Waals surface area contributed by atoms with Crippen molar-refractivity contribution in [1.29, 1.82) is 0 Å². The van der Waals surface area contributed by atoms with Gasteiger partial charge in [0.25, 0.3) is 0 Å². The lowest BCUT2D eigenvalue weighted by Crippen LogP contribution is -2.26. The summed E-state index contributed by atoms with van der Waals surface area (Å²) in [5.74, 6) is 1.57. The Hall–Kier alpha value is -4.68. The number of benzene rings is 3. The van der Waals surface area contributed by atoms with Crippen molar-refractivity contribution in [2.24, 2.45) is 0 Å². The highest BCUT2D eigenvalue weighted by Crippen LogP contribution is 2.33. The lowest BCUT2D eigenvalue weighted by atomic mass is 10.3. The summed E-state index contributed by atoms with van der Waals surface area (Å²) in [4.78, 5) is 26.7. The van der Waals surface area contributed by atoms with Gasteiger partial charge in [-0.05, 0) is 93.1 Å². The van der Waals surface area contributed by atoms with Crippen LogP contribution in [0.3, 0.4) is 0 Å². The van der Waals surface area contributed by atoms with Gasteiger partial charge in [0.15, 0.2) is 12.2 Å². The van der Waals surface area contributed by atoms with Crippen molar-refractivity contribution < 1.29 is 51.2 Å². The maximum Gasteiger partial charge on any atom is 0.417 e.